The average Bonchev–Trinajstić information content (AvgIpc) is 2.81. The zero-order chi connectivity index (χ0) is 29.5. The van der Waals surface area contributed by atoms with Gasteiger partial charge in [0, 0.05) is 49.7 Å². The first-order valence-electron chi connectivity index (χ1n) is 14.6. The molecule has 0 saturated carbocycles. The van der Waals surface area contributed by atoms with Crippen LogP contribution in [0, 0.1) is 5.41 Å². The number of hydrogen-bond acceptors (Lipinski definition) is 6. The maximum Gasteiger partial charge on any atom is 0.213 e. The van der Waals surface area contributed by atoms with E-state index in [-0.39, 0.29) is 34.0 Å². The highest BCUT2D eigenvalue weighted by molar-refractivity contribution is 5.28. The molecule has 0 bridgehead atoms. The minimum Gasteiger partial charge on any atom is -0.473 e. The van der Waals surface area contributed by atoms with Gasteiger partial charge in [-0.25, -0.2) is 9.97 Å². The standard InChI is InChI=1S/C33H56N4O2/c1-24(21-34-23-30(3,4)5)38-29-20-27(14-18-36-29)32(9,10)15-16-33(11,12)37-22-25(2)39-28-19-26(13-17-35-28)31(6,7)8/h13-14,17-20,24-25,34,37H,15-16,21-23H2,1-12H3/t24-,25+/m1/s1. The molecule has 0 aromatic carbocycles. The van der Waals surface area contributed by atoms with Gasteiger partial charge in [-0.3, -0.25) is 0 Å². The summed E-state index contributed by atoms with van der Waals surface area (Å²) in [7, 11) is 0. The van der Waals surface area contributed by atoms with Crippen molar-refractivity contribution in [2.24, 2.45) is 5.41 Å². The van der Waals surface area contributed by atoms with Crippen LogP contribution >= 0.6 is 0 Å². The first kappa shape index (κ1) is 33.0. The summed E-state index contributed by atoms with van der Waals surface area (Å²) in [6, 6.07) is 8.34. The van der Waals surface area contributed by atoms with Gasteiger partial charge in [0.25, 0.3) is 0 Å². The van der Waals surface area contributed by atoms with E-state index in [1.807, 2.05) is 12.4 Å². The summed E-state index contributed by atoms with van der Waals surface area (Å²) in [5, 5.41) is 7.22. The van der Waals surface area contributed by atoms with E-state index in [2.05, 4.69) is 128 Å². The van der Waals surface area contributed by atoms with E-state index in [1.54, 1.807) is 0 Å². The van der Waals surface area contributed by atoms with Crippen molar-refractivity contribution in [2.45, 2.75) is 125 Å². The van der Waals surface area contributed by atoms with Gasteiger partial charge < -0.3 is 20.1 Å². The van der Waals surface area contributed by atoms with Crippen LogP contribution in [0.4, 0.5) is 0 Å². The second-order valence-corrected chi connectivity index (χ2v) is 14.7. The molecule has 0 radical (unpaired) electrons. The molecule has 39 heavy (non-hydrogen) atoms. The monoisotopic (exact) mass is 540 g/mol. The first-order chi connectivity index (χ1) is 17.9. The minimum absolute atomic E-state index is 0.00679. The molecular formula is C33H56N4O2. The maximum atomic E-state index is 6.15. The quantitative estimate of drug-likeness (QED) is 0.267. The van der Waals surface area contributed by atoms with Crippen molar-refractivity contribution < 1.29 is 9.47 Å². The maximum absolute atomic E-state index is 6.15. The molecule has 2 N–H and O–H groups in total. The SMILES string of the molecule is C[C@H](CNCC(C)(C)C)Oc1cc(C(C)(C)CCC(C)(C)NC[C@H](C)Oc2cc(C(C)(C)C)ccn2)ccn1. The van der Waals surface area contributed by atoms with E-state index in [0.717, 1.165) is 32.5 Å². The molecule has 0 aliphatic carbocycles. The zero-order valence-electron chi connectivity index (χ0n) is 26.9. The van der Waals surface area contributed by atoms with Crippen LogP contribution in [-0.2, 0) is 10.8 Å². The van der Waals surface area contributed by atoms with E-state index in [1.165, 1.54) is 11.1 Å². The molecule has 2 aromatic heterocycles. The highest BCUT2D eigenvalue weighted by Crippen LogP contribution is 2.32. The van der Waals surface area contributed by atoms with Crippen LogP contribution in [0.25, 0.3) is 0 Å². The van der Waals surface area contributed by atoms with E-state index in [4.69, 9.17) is 9.47 Å². The highest BCUT2D eigenvalue weighted by Gasteiger charge is 2.27. The van der Waals surface area contributed by atoms with Gasteiger partial charge in [-0.15, -0.1) is 0 Å². The lowest BCUT2D eigenvalue weighted by Gasteiger charge is -2.33. The van der Waals surface area contributed by atoms with Gasteiger partial charge >= 0.3 is 0 Å². The molecule has 0 unspecified atom stereocenters. The fourth-order valence-corrected chi connectivity index (χ4v) is 4.26. The molecule has 2 rings (SSSR count). The van der Waals surface area contributed by atoms with Crippen molar-refractivity contribution in [2.75, 3.05) is 19.6 Å². The molecule has 0 aliphatic heterocycles. The molecular weight excluding hydrogens is 484 g/mol. The number of rotatable bonds is 14. The topological polar surface area (TPSA) is 68.3 Å². The van der Waals surface area contributed by atoms with E-state index < -0.39 is 0 Å². The lowest BCUT2D eigenvalue weighted by Crippen LogP contribution is -2.44. The van der Waals surface area contributed by atoms with Gasteiger partial charge in [-0.2, -0.15) is 0 Å². The van der Waals surface area contributed by atoms with Gasteiger partial charge in [0.2, 0.25) is 11.8 Å². The van der Waals surface area contributed by atoms with Gasteiger partial charge in [0.15, 0.2) is 0 Å². The van der Waals surface area contributed by atoms with E-state index in [0.29, 0.717) is 11.8 Å². The highest BCUT2D eigenvalue weighted by atomic mass is 16.5. The zero-order valence-corrected chi connectivity index (χ0v) is 26.9. The molecule has 2 aromatic rings. The Hall–Kier alpha value is -2.18. The third-order valence-corrected chi connectivity index (χ3v) is 7.09. The number of nitrogens with zero attached hydrogens (tertiary/aromatic N) is 2. The summed E-state index contributed by atoms with van der Waals surface area (Å²) in [5.74, 6) is 1.38. The van der Waals surface area contributed by atoms with Crippen LogP contribution in [0.5, 0.6) is 11.8 Å². The van der Waals surface area contributed by atoms with Gasteiger partial charge in [0.05, 0.1) is 0 Å². The van der Waals surface area contributed by atoms with Gasteiger partial charge in [-0.05, 0) is 80.0 Å². The van der Waals surface area contributed by atoms with Crippen molar-refractivity contribution in [3.05, 3.63) is 47.8 Å². The summed E-state index contributed by atoms with van der Waals surface area (Å²) < 4.78 is 12.3. The Morgan fingerprint density at radius 1 is 0.718 bits per heavy atom. The van der Waals surface area contributed by atoms with Crippen LogP contribution in [0.2, 0.25) is 0 Å². The number of hydrogen-bond donors (Lipinski definition) is 2. The second kappa shape index (κ2) is 13.5. The smallest absolute Gasteiger partial charge is 0.213 e. The number of ether oxygens (including phenoxy) is 2. The fraction of sp³-hybridized carbons (Fsp3) is 0.697. The predicted molar refractivity (Wildman–Crippen MR) is 164 cm³/mol. The van der Waals surface area contributed by atoms with Crippen molar-refractivity contribution in [3.8, 4) is 11.8 Å². The Balaban J connectivity index is 1.88. The van der Waals surface area contributed by atoms with Crippen molar-refractivity contribution in [1.82, 2.24) is 20.6 Å². The summed E-state index contributed by atoms with van der Waals surface area (Å²) >= 11 is 0. The Morgan fingerprint density at radius 3 is 1.77 bits per heavy atom. The van der Waals surface area contributed by atoms with E-state index >= 15 is 0 Å². The van der Waals surface area contributed by atoms with Crippen molar-refractivity contribution in [3.63, 3.8) is 0 Å². The Labute approximate surface area is 239 Å². The lowest BCUT2D eigenvalue weighted by molar-refractivity contribution is 0.187. The Bertz CT molecular complexity index is 1020. The van der Waals surface area contributed by atoms with Gasteiger partial charge in [0.1, 0.15) is 12.2 Å². The molecule has 2 atom stereocenters. The van der Waals surface area contributed by atoms with Crippen LogP contribution in [0.3, 0.4) is 0 Å². The van der Waals surface area contributed by atoms with Crippen molar-refractivity contribution in [1.29, 1.82) is 0 Å². The molecule has 6 nitrogen and oxygen atoms in total. The Kier molecular flexibility index (Phi) is 11.4. The minimum atomic E-state index is -0.0326. The third kappa shape index (κ3) is 12.3. The van der Waals surface area contributed by atoms with Crippen molar-refractivity contribution >= 4 is 0 Å². The Morgan fingerprint density at radius 2 is 1.23 bits per heavy atom. The molecule has 0 amide bonds. The molecule has 0 fully saturated rings. The van der Waals surface area contributed by atoms with E-state index in [9.17, 15) is 0 Å². The summed E-state index contributed by atoms with van der Waals surface area (Å²) in [4.78, 5) is 8.90. The third-order valence-electron chi connectivity index (χ3n) is 7.09. The van der Waals surface area contributed by atoms with Crippen LogP contribution in [-0.4, -0.2) is 47.3 Å². The lowest BCUT2D eigenvalue weighted by atomic mass is 9.78. The number of pyridine rings is 2. The second-order valence-electron chi connectivity index (χ2n) is 14.7. The number of nitrogens with one attached hydrogen (secondary N) is 2. The van der Waals surface area contributed by atoms with Crippen LogP contribution < -0.4 is 20.1 Å². The van der Waals surface area contributed by atoms with Gasteiger partial charge in [-0.1, -0.05) is 55.4 Å². The molecule has 0 aliphatic rings. The van der Waals surface area contributed by atoms with Crippen LogP contribution in [0.1, 0.15) is 107 Å². The molecule has 220 valence electrons. The molecule has 2 heterocycles. The number of aromatic nitrogens is 2. The largest absolute Gasteiger partial charge is 0.473 e. The molecule has 0 spiro atoms. The molecule has 6 heteroatoms. The fourth-order valence-electron chi connectivity index (χ4n) is 4.26. The normalized spacial score (nSPS) is 14.7. The molecule has 0 saturated heterocycles. The average molecular weight is 541 g/mol. The van der Waals surface area contributed by atoms with Crippen LogP contribution in [0.15, 0.2) is 36.7 Å². The summed E-state index contributed by atoms with van der Waals surface area (Å²) in [6.07, 6.45) is 5.82. The summed E-state index contributed by atoms with van der Waals surface area (Å²) in [6.45, 7) is 29.1. The summed E-state index contributed by atoms with van der Waals surface area (Å²) in [5.41, 5.74) is 2.76. The first-order valence-corrected chi connectivity index (χ1v) is 14.6. The predicted octanol–water partition coefficient (Wildman–Crippen LogP) is 7.07.